The van der Waals surface area contributed by atoms with Crippen LogP contribution in [0.25, 0.3) is 0 Å². The molecule has 0 radical (unpaired) electrons. The molecule has 84 valence electrons. The molecule has 1 N–H and O–H groups in total. The summed E-state index contributed by atoms with van der Waals surface area (Å²) in [5, 5.41) is 18.2. The van der Waals surface area contributed by atoms with Crippen LogP contribution in [0.2, 0.25) is 0 Å². The zero-order valence-electron chi connectivity index (χ0n) is 9.13. The highest BCUT2D eigenvalue weighted by molar-refractivity contribution is 5.46. The van der Waals surface area contributed by atoms with Crippen LogP contribution in [0.4, 0.5) is 0 Å². The van der Waals surface area contributed by atoms with Crippen molar-refractivity contribution in [1.82, 2.24) is 0 Å². The predicted molar refractivity (Wildman–Crippen MR) is 63.6 cm³/mol. The molecule has 0 saturated heterocycles. The molecule has 0 amide bonds. The second kappa shape index (κ2) is 5.04. The fraction of sp³-hybridized carbons (Fsp3) is 0.0714. The third-order valence-corrected chi connectivity index (χ3v) is 2.34. The maximum Gasteiger partial charge on any atom is 0.137 e. The first kappa shape index (κ1) is 11.0. The van der Waals surface area contributed by atoms with Crippen molar-refractivity contribution in [2.45, 2.75) is 6.61 Å². The molecule has 2 aromatic rings. The largest absolute Gasteiger partial charge is 0.506 e. The molecule has 0 atom stereocenters. The molecule has 0 heterocycles. The summed E-state index contributed by atoms with van der Waals surface area (Å²) in [5.74, 6) is 0.489. The Morgan fingerprint density at radius 1 is 1.12 bits per heavy atom. The molecule has 0 aromatic heterocycles. The van der Waals surface area contributed by atoms with Crippen molar-refractivity contribution in [2.24, 2.45) is 0 Å². The lowest BCUT2D eigenvalue weighted by Crippen LogP contribution is -1.94. The molecule has 0 aliphatic heterocycles. The average Bonchev–Trinajstić information content (AvgIpc) is 2.38. The normalized spacial score (nSPS) is 9.59. The van der Waals surface area contributed by atoms with Gasteiger partial charge in [0, 0.05) is 6.07 Å². The molecule has 0 unspecified atom stereocenters. The summed E-state index contributed by atoms with van der Waals surface area (Å²) in [6.45, 7) is 0.437. The number of phenolic OH excluding ortho intramolecular Hbond substituents is 1. The smallest absolute Gasteiger partial charge is 0.137 e. The number of hydrogen-bond donors (Lipinski definition) is 1. The summed E-state index contributed by atoms with van der Waals surface area (Å²) in [6, 6.07) is 16.3. The van der Waals surface area contributed by atoms with Crippen molar-refractivity contribution < 1.29 is 9.84 Å². The van der Waals surface area contributed by atoms with E-state index in [0.717, 1.165) is 5.56 Å². The first-order valence-corrected chi connectivity index (χ1v) is 5.19. The second-order valence-electron chi connectivity index (χ2n) is 3.57. The molecule has 17 heavy (non-hydrogen) atoms. The van der Waals surface area contributed by atoms with Gasteiger partial charge in [0.15, 0.2) is 0 Å². The molecule has 0 fully saturated rings. The Balaban J connectivity index is 2.06. The second-order valence-corrected chi connectivity index (χ2v) is 3.57. The number of rotatable bonds is 3. The number of benzene rings is 2. The molecule has 0 saturated carbocycles. The van der Waals surface area contributed by atoms with Crippen LogP contribution in [-0.2, 0) is 6.61 Å². The van der Waals surface area contributed by atoms with Crippen molar-refractivity contribution in [3.63, 3.8) is 0 Å². The summed E-state index contributed by atoms with van der Waals surface area (Å²) in [6.07, 6.45) is 0. The summed E-state index contributed by atoms with van der Waals surface area (Å²) in [5.41, 5.74) is 1.30. The van der Waals surface area contributed by atoms with E-state index in [0.29, 0.717) is 12.4 Å². The van der Waals surface area contributed by atoms with Crippen LogP contribution in [0, 0.1) is 11.3 Å². The van der Waals surface area contributed by atoms with Gasteiger partial charge in [-0.15, -0.1) is 0 Å². The summed E-state index contributed by atoms with van der Waals surface area (Å²) >= 11 is 0. The highest BCUT2D eigenvalue weighted by Crippen LogP contribution is 2.23. The number of aromatic hydroxyl groups is 1. The Bertz CT molecular complexity index is 544. The highest BCUT2D eigenvalue weighted by Gasteiger charge is 2.02. The van der Waals surface area contributed by atoms with Gasteiger partial charge in [-0.25, -0.2) is 0 Å². The number of phenols is 1. The molecule has 2 rings (SSSR count). The molecular weight excluding hydrogens is 214 g/mol. The van der Waals surface area contributed by atoms with Crippen LogP contribution < -0.4 is 4.74 Å². The Hall–Kier alpha value is -2.47. The first-order valence-electron chi connectivity index (χ1n) is 5.19. The standard InChI is InChI=1S/C14H11NO2/c15-9-12-6-7-13(8-14(12)16)17-10-11-4-2-1-3-5-11/h1-8,16H,10H2. The average molecular weight is 225 g/mol. The minimum atomic E-state index is -0.0574. The molecule has 0 spiro atoms. The van der Waals surface area contributed by atoms with E-state index in [1.165, 1.54) is 12.1 Å². The van der Waals surface area contributed by atoms with Gasteiger partial charge in [0.05, 0.1) is 5.56 Å². The van der Waals surface area contributed by atoms with E-state index in [1.807, 2.05) is 36.4 Å². The minimum Gasteiger partial charge on any atom is -0.506 e. The lowest BCUT2D eigenvalue weighted by Gasteiger charge is -2.06. The van der Waals surface area contributed by atoms with Gasteiger partial charge in [0.1, 0.15) is 24.2 Å². The van der Waals surface area contributed by atoms with Crippen LogP contribution in [0.3, 0.4) is 0 Å². The van der Waals surface area contributed by atoms with Crippen LogP contribution in [-0.4, -0.2) is 5.11 Å². The van der Waals surface area contributed by atoms with Crippen LogP contribution in [0.15, 0.2) is 48.5 Å². The van der Waals surface area contributed by atoms with Crippen molar-refractivity contribution in [3.8, 4) is 17.6 Å². The maximum atomic E-state index is 9.49. The van der Waals surface area contributed by atoms with E-state index in [1.54, 1.807) is 6.07 Å². The van der Waals surface area contributed by atoms with E-state index in [9.17, 15) is 5.11 Å². The molecule has 0 bridgehead atoms. The van der Waals surface area contributed by atoms with E-state index < -0.39 is 0 Å². The van der Waals surface area contributed by atoms with Crippen LogP contribution >= 0.6 is 0 Å². The zero-order valence-corrected chi connectivity index (χ0v) is 9.13. The topological polar surface area (TPSA) is 53.2 Å². The van der Waals surface area contributed by atoms with Crippen molar-refractivity contribution in [2.75, 3.05) is 0 Å². The SMILES string of the molecule is N#Cc1ccc(OCc2ccccc2)cc1O. The van der Waals surface area contributed by atoms with Crippen LogP contribution in [0.1, 0.15) is 11.1 Å². The van der Waals surface area contributed by atoms with E-state index in [2.05, 4.69) is 0 Å². The summed E-state index contributed by atoms with van der Waals surface area (Å²) in [7, 11) is 0. The van der Waals surface area contributed by atoms with E-state index in [4.69, 9.17) is 10.00 Å². The lowest BCUT2D eigenvalue weighted by molar-refractivity contribution is 0.304. The molecule has 3 nitrogen and oxygen atoms in total. The fourth-order valence-corrected chi connectivity index (χ4v) is 1.44. The third kappa shape index (κ3) is 2.76. The quantitative estimate of drug-likeness (QED) is 0.873. The van der Waals surface area contributed by atoms with Crippen molar-refractivity contribution in [3.05, 3.63) is 59.7 Å². The maximum absolute atomic E-state index is 9.49. The summed E-state index contributed by atoms with van der Waals surface area (Å²) in [4.78, 5) is 0. The van der Waals surface area contributed by atoms with E-state index in [-0.39, 0.29) is 11.3 Å². The third-order valence-electron chi connectivity index (χ3n) is 2.34. The Morgan fingerprint density at radius 3 is 2.53 bits per heavy atom. The monoisotopic (exact) mass is 225 g/mol. The molecule has 0 aliphatic rings. The summed E-state index contributed by atoms with van der Waals surface area (Å²) < 4.78 is 5.50. The minimum absolute atomic E-state index is 0.0574. The van der Waals surface area contributed by atoms with Gasteiger partial charge in [0.25, 0.3) is 0 Å². The highest BCUT2D eigenvalue weighted by atomic mass is 16.5. The molecule has 0 aliphatic carbocycles. The Labute approximate surface area is 99.5 Å². The Morgan fingerprint density at radius 2 is 1.88 bits per heavy atom. The number of hydrogen-bond acceptors (Lipinski definition) is 3. The number of ether oxygens (including phenoxy) is 1. The lowest BCUT2D eigenvalue weighted by atomic mass is 10.2. The van der Waals surface area contributed by atoms with Crippen molar-refractivity contribution >= 4 is 0 Å². The fourth-order valence-electron chi connectivity index (χ4n) is 1.44. The number of nitriles is 1. The zero-order chi connectivity index (χ0) is 12.1. The van der Waals surface area contributed by atoms with Crippen LogP contribution in [0.5, 0.6) is 11.5 Å². The van der Waals surface area contributed by atoms with Gasteiger partial charge in [-0.05, 0) is 17.7 Å². The molecular formula is C14H11NO2. The van der Waals surface area contributed by atoms with Gasteiger partial charge in [0.2, 0.25) is 0 Å². The molecule has 2 aromatic carbocycles. The van der Waals surface area contributed by atoms with Crippen molar-refractivity contribution in [1.29, 1.82) is 5.26 Å². The number of nitrogens with zero attached hydrogens (tertiary/aromatic N) is 1. The van der Waals surface area contributed by atoms with Gasteiger partial charge < -0.3 is 9.84 Å². The molecule has 3 heteroatoms. The Kier molecular flexibility index (Phi) is 3.27. The van der Waals surface area contributed by atoms with Gasteiger partial charge in [-0.1, -0.05) is 30.3 Å². The first-order chi connectivity index (χ1) is 8.29. The predicted octanol–water partition coefficient (Wildman–Crippen LogP) is 2.84. The van der Waals surface area contributed by atoms with Gasteiger partial charge in [-0.2, -0.15) is 5.26 Å². The van der Waals surface area contributed by atoms with Gasteiger partial charge in [-0.3, -0.25) is 0 Å². The van der Waals surface area contributed by atoms with Gasteiger partial charge >= 0.3 is 0 Å². The van der Waals surface area contributed by atoms with E-state index >= 15 is 0 Å².